The van der Waals surface area contributed by atoms with E-state index in [1.165, 1.54) is 0 Å². The highest BCUT2D eigenvalue weighted by Crippen LogP contribution is 2.11. The SMILES string of the molecule is CCCCNC(=O)c1nnc(C(C)C)o1. The molecule has 1 rings (SSSR count). The predicted molar refractivity (Wildman–Crippen MR) is 55.6 cm³/mol. The van der Waals surface area contributed by atoms with E-state index in [1.807, 2.05) is 13.8 Å². The summed E-state index contributed by atoms with van der Waals surface area (Å²) in [7, 11) is 0. The van der Waals surface area contributed by atoms with E-state index in [0.29, 0.717) is 12.4 Å². The Morgan fingerprint density at radius 2 is 2.20 bits per heavy atom. The van der Waals surface area contributed by atoms with Gasteiger partial charge in [-0.05, 0) is 6.42 Å². The number of nitrogens with zero attached hydrogens (tertiary/aromatic N) is 2. The van der Waals surface area contributed by atoms with Crippen molar-refractivity contribution in [2.45, 2.75) is 39.5 Å². The summed E-state index contributed by atoms with van der Waals surface area (Å²) in [5.74, 6) is 0.406. The molecule has 5 nitrogen and oxygen atoms in total. The van der Waals surface area contributed by atoms with E-state index in [2.05, 4.69) is 22.4 Å². The average molecular weight is 211 g/mol. The van der Waals surface area contributed by atoms with Crippen molar-refractivity contribution in [1.29, 1.82) is 0 Å². The molecular formula is C10H17N3O2. The Morgan fingerprint density at radius 3 is 2.73 bits per heavy atom. The monoisotopic (exact) mass is 211 g/mol. The van der Waals surface area contributed by atoms with Crippen LogP contribution in [0.5, 0.6) is 0 Å². The number of amides is 1. The molecule has 0 spiro atoms. The first-order chi connectivity index (χ1) is 7.15. The quantitative estimate of drug-likeness (QED) is 0.753. The van der Waals surface area contributed by atoms with Crippen LogP contribution in [0, 0.1) is 0 Å². The summed E-state index contributed by atoms with van der Waals surface area (Å²) in [6.45, 7) is 6.59. The molecule has 1 aromatic heterocycles. The molecule has 84 valence electrons. The molecule has 0 saturated heterocycles. The molecule has 1 aromatic rings. The highest BCUT2D eigenvalue weighted by atomic mass is 16.4. The molecule has 0 radical (unpaired) electrons. The lowest BCUT2D eigenvalue weighted by Gasteiger charge is -1.99. The van der Waals surface area contributed by atoms with E-state index in [-0.39, 0.29) is 17.7 Å². The third-order valence-electron chi connectivity index (χ3n) is 1.94. The Morgan fingerprint density at radius 1 is 1.47 bits per heavy atom. The molecule has 0 atom stereocenters. The van der Waals surface area contributed by atoms with Gasteiger partial charge in [0.2, 0.25) is 5.89 Å². The summed E-state index contributed by atoms with van der Waals surface area (Å²) >= 11 is 0. The lowest BCUT2D eigenvalue weighted by Crippen LogP contribution is -2.24. The molecule has 0 saturated carbocycles. The predicted octanol–water partition coefficient (Wildman–Crippen LogP) is 1.72. The molecule has 15 heavy (non-hydrogen) atoms. The van der Waals surface area contributed by atoms with Gasteiger partial charge in [0.1, 0.15) is 0 Å². The second kappa shape index (κ2) is 5.48. The van der Waals surface area contributed by atoms with Crippen molar-refractivity contribution in [1.82, 2.24) is 15.5 Å². The molecule has 0 unspecified atom stereocenters. The van der Waals surface area contributed by atoms with Gasteiger partial charge in [-0.1, -0.05) is 27.2 Å². The van der Waals surface area contributed by atoms with Crippen LogP contribution < -0.4 is 5.32 Å². The second-order valence-electron chi connectivity index (χ2n) is 3.71. The van der Waals surface area contributed by atoms with Crippen molar-refractivity contribution < 1.29 is 9.21 Å². The minimum atomic E-state index is -0.289. The van der Waals surface area contributed by atoms with Gasteiger partial charge in [0, 0.05) is 12.5 Å². The van der Waals surface area contributed by atoms with Crippen molar-refractivity contribution in [2.75, 3.05) is 6.54 Å². The van der Waals surface area contributed by atoms with Crippen molar-refractivity contribution in [3.8, 4) is 0 Å². The zero-order valence-electron chi connectivity index (χ0n) is 9.41. The summed E-state index contributed by atoms with van der Waals surface area (Å²) in [5, 5.41) is 10.2. The zero-order valence-corrected chi connectivity index (χ0v) is 9.41. The zero-order chi connectivity index (χ0) is 11.3. The Bertz CT molecular complexity index is 320. The second-order valence-corrected chi connectivity index (χ2v) is 3.71. The summed E-state index contributed by atoms with van der Waals surface area (Å²) in [6, 6.07) is 0. The van der Waals surface area contributed by atoms with Crippen LogP contribution in [0.3, 0.4) is 0 Å². The van der Waals surface area contributed by atoms with Gasteiger partial charge >= 0.3 is 11.8 Å². The van der Waals surface area contributed by atoms with Gasteiger partial charge in [-0.25, -0.2) is 0 Å². The average Bonchev–Trinajstić information content (AvgIpc) is 2.66. The van der Waals surface area contributed by atoms with E-state index in [4.69, 9.17) is 4.42 Å². The first-order valence-electron chi connectivity index (χ1n) is 5.26. The molecular weight excluding hydrogens is 194 g/mol. The molecule has 1 amide bonds. The molecule has 0 aliphatic heterocycles. The lowest BCUT2D eigenvalue weighted by atomic mass is 10.2. The number of hydrogen-bond donors (Lipinski definition) is 1. The van der Waals surface area contributed by atoms with E-state index < -0.39 is 0 Å². The van der Waals surface area contributed by atoms with Crippen LogP contribution in [-0.2, 0) is 0 Å². The fourth-order valence-electron chi connectivity index (χ4n) is 1.01. The minimum Gasteiger partial charge on any atom is -0.417 e. The number of hydrogen-bond acceptors (Lipinski definition) is 4. The summed E-state index contributed by atoms with van der Waals surface area (Å²) < 4.78 is 5.20. The number of aromatic nitrogens is 2. The van der Waals surface area contributed by atoms with E-state index in [9.17, 15) is 4.79 Å². The van der Waals surface area contributed by atoms with Crippen LogP contribution in [0.4, 0.5) is 0 Å². The molecule has 5 heteroatoms. The maximum Gasteiger partial charge on any atom is 0.308 e. The van der Waals surface area contributed by atoms with Gasteiger partial charge in [-0.15, -0.1) is 10.2 Å². The standard InChI is InChI=1S/C10H17N3O2/c1-4-5-6-11-8(14)10-13-12-9(15-10)7(2)3/h7H,4-6H2,1-3H3,(H,11,14). The van der Waals surface area contributed by atoms with Crippen LogP contribution in [-0.4, -0.2) is 22.6 Å². The van der Waals surface area contributed by atoms with Crippen LogP contribution in [0.2, 0.25) is 0 Å². The molecule has 1 N–H and O–H groups in total. The Hall–Kier alpha value is -1.39. The van der Waals surface area contributed by atoms with Gasteiger partial charge in [-0.3, -0.25) is 4.79 Å². The topological polar surface area (TPSA) is 68.0 Å². The van der Waals surface area contributed by atoms with Crippen LogP contribution >= 0.6 is 0 Å². The highest BCUT2D eigenvalue weighted by Gasteiger charge is 2.15. The van der Waals surface area contributed by atoms with Gasteiger partial charge in [-0.2, -0.15) is 0 Å². The highest BCUT2D eigenvalue weighted by molar-refractivity contribution is 5.89. The molecule has 0 aliphatic carbocycles. The molecule has 0 fully saturated rings. The Balaban J connectivity index is 2.51. The number of carbonyl (C=O) groups is 1. The van der Waals surface area contributed by atoms with Crippen LogP contribution in [0.25, 0.3) is 0 Å². The van der Waals surface area contributed by atoms with E-state index in [0.717, 1.165) is 12.8 Å². The van der Waals surface area contributed by atoms with Crippen molar-refractivity contribution in [2.24, 2.45) is 0 Å². The molecule has 0 aliphatic rings. The van der Waals surface area contributed by atoms with Crippen LogP contribution in [0.1, 0.15) is 56.1 Å². The molecule has 0 aromatic carbocycles. The first-order valence-corrected chi connectivity index (χ1v) is 5.26. The largest absolute Gasteiger partial charge is 0.417 e. The van der Waals surface area contributed by atoms with Gasteiger partial charge in [0.05, 0.1) is 0 Å². The third-order valence-corrected chi connectivity index (χ3v) is 1.94. The first kappa shape index (κ1) is 11.7. The van der Waals surface area contributed by atoms with Gasteiger partial charge < -0.3 is 9.73 Å². The summed E-state index contributed by atoms with van der Waals surface area (Å²) in [5.41, 5.74) is 0. The lowest BCUT2D eigenvalue weighted by molar-refractivity contribution is 0.0916. The maximum absolute atomic E-state index is 11.4. The van der Waals surface area contributed by atoms with Gasteiger partial charge in [0.15, 0.2) is 0 Å². The summed E-state index contributed by atoms with van der Waals surface area (Å²) in [4.78, 5) is 11.4. The van der Waals surface area contributed by atoms with Crippen molar-refractivity contribution >= 4 is 5.91 Å². The van der Waals surface area contributed by atoms with Crippen LogP contribution in [0.15, 0.2) is 4.42 Å². The van der Waals surface area contributed by atoms with Crippen molar-refractivity contribution in [3.05, 3.63) is 11.8 Å². The normalized spacial score (nSPS) is 10.7. The maximum atomic E-state index is 11.4. The fourth-order valence-corrected chi connectivity index (χ4v) is 1.01. The third kappa shape index (κ3) is 3.34. The van der Waals surface area contributed by atoms with Crippen molar-refractivity contribution in [3.63, 3.8) is 0 Å². The minimum absolute atomic E-state index is 0.0507. The number of unbranched alkanes of at least 4 members (excludes halogenated alkanes) is 1. The number of nitrogens with one attached hydrogen (secondary N) is 1. The fraction of sp³-hybridized carbons (Fsp3) is 0.700. The van der Waals surface area contributed by atoms with E-state index >= 15 is 0 Å². The van der Waals surface area contributed by atoms with Gasteiger partial charge in [0.25, 0.3) is 0 Å². The Kier molecular flexibility index (Phi) is 4.27. The van der Waals surface area contributed by atoms with E-state index in [1.54, 1.807) is 0 Å². The number of rotatable bonds is 5. The smallest absolute Gasteiger partial charge is 0.308 e. The molecule has 1 heterocycles. The molecule has 0 bridgehead atoms. The Labute approximate surface area is 89.3 Å². The summed E-state index contributed by atoms with van der Waals surface area (Å²) in [6.07, 6.45) is 2.00. The number of carbonyl (C=O) groups excluding carboxylic acids is 1.